The summed E-state index contributed by atoms with van der Waals surface area (Å²) < 4.78 is 19.4. The van der Waals surface area contributed by atoms with Gasteiger partial charge in [-0.25, -0.2) is 4.39 Å². The Morgan fingerprint density at radius 2 is 2.14 bits per heavy atom. The third kappa shape index (κ3) is 4.78. The summed E-state index contributed by atoms with van der Waals surface area (Å²) in [4.78, 5) is 0. The van der Waals surface area contributed by atoms with Gasteiger partial charge in [-0.2, -0.15) is 5.10 Å². The SMILES string of the molecule is COc1cccc(NC(=S)N/N=C\c2cc(Br)ccc2F)c1. The summed E-state index contributed by atoms with van der Waals surface area (Å²) in [5.41, 5.74) is 3.75. The summed E-state index contributed by atoms with van der Waals surface area (Å²) in [5.74, 6) is 0.355. The normalized spacial score (nSPS) is 10.5. The van der Waals surface area contributed by atoms with Crippen LogP contribution in [0.5, 0.6) is 5.75 Å². The molecule has 114 valence electrons. The minimum atomic E-state index is -0.361. The molecule has 0 heterocycles. The van der Waals surface area contributed by atoms with E-state index < -0.39 is 0 Å². The van der Waals surface area contributed by atoms with Gasteiger partial charge in [0.2, 0.25) is 0 Å². The van der Waals surface area contributed by atoms with Gasteiger partial charge < -0.3 is 10.1 Å². The molecule has 0 aliphatic carbocycles. The molecule has 2 rings (SSSR count). The van der Waals surface area contributed by atoms with Crippen molar-refractivity contribution < 1.29 is 9.13 Å². The van der Waals surface area contributed by atoms with Crippen LogP contribution in [0.1, 0.15) is 5.56 Å². The molecule has 0 atom stereocenters. The van der Waals surface area contributed by atoms with Crippen LogP contribution < -0.4 is 15.5 Å². The molecule has 0 radical (unpaired) electrons. The number of halogens is 2. The second-order valence-electron chi connectivity index (χ2n) is 4.22. The highest BCUT2D eigenvalue weighted by Gasteiger charge is 2.01. The van der Waals surface area contributed by atoms with E-state index in [1.54, 1.807) is 25.3 Å². The monoisotopic (exact) mass is 381 g/mol. The summed E-state index contributed by atoms with van der Waals surface area (Å²) in [6.45, 7) is 0. The summed E-state index contributed by atoms with van der Waals surface area (Å²) in [7, 11) is 1.59. The topological polar surface area (TPSA) is 45.6 Å². The molecule has 0 amide bonds. The number of hydrogen-bond donors (Lipinski definition) is 2. The molecular formula is C15H13BrFN3OS. The zero-order valence-electron chi connectivity index (χ0n) is 11.6. The van der Waals surface area contributed by atoms with E-state index in [4.69, 9.17) is 17.0 Å². The van der Waals surface area contributed by atoms with Crippen molar-refractivity contribution in [2.75, 3.05) is 12.4 Å². The van der Waals surface area contributed by atoms with Crippen LogP contribution in [-0.2, 0) is 0 Å². The highest BCUT2D eigenvalue weighted by atomic mass is 79.9. The maximum atomic E-state index is 13.5. The molecule has 2 aromatic carbocycles. The lowest BCUT2D eigenvalue weighted by Gasteiger charge is -2.08. The lowest BCUT2D eigenvalue weighted by molar-refractivity contribution is 0.415. The molecule has 0 spiro atoms. The van der Waals surface area contributed by atoms with Crippen LogP contribution in [0.25, 0.3) is 0 Å². The lowest BCUT2D eigenvalue weighted by Crippen LogP contribution is -2.23. The standard InChI is InChI=1S/C15H13BrFN3OS/c1-21-13-4-2-3-12(8-13)19-15(22)20-18-9-10-7-11(16)5-6-14(10)17/h2-9H,1H3,(H2,19,20,22)/b18-9-. The first-order valence-electron chi connectivity index (χ1n) is 6.27. The second-order valence-corrected chi connectivity index (χ2v) is 5.55. The average molecular weight is 382 g/mol. The van der Waals surface area contributed by atoms with Crippen molar-refractivity contribution in [3.63, 3.8) is 0 Å². The molecule has 0 bridgehead atoms. The first-order chi connectivity index (χ1) is 10.6. The molecule has 0 fully saturated rings. The fraction of sp³-hybridized carbons (Fsp3) is 0.0667. The minimum absolute atomic E-state index is 0.292. The van der Waals surface area contributed by atoms with Crippen LogP contribution in [0.4, 0.5) is 10.1 Å². The van der Waals surface area contributed by atoms with E-state index in [0.29, 0.717) is 16.4 Å². The molecule has 22 heavy (non-hydrogen) atoms. The number of rotatable bonds is 4. The maximum Gasteiger partial charge on any atom is 0.191 e. The third-order valence-electron chi connectivity index (χ3n) is 2.66. The Morgan fingerprint density at radius 1 is 1.32 bits per heavy atom. The van der Waals surface area contributed by atoms with Gasteiger partial charge in [0.1, 0.15) is 11.6 Å². The van der Waals surface area contributed by atoms with E-state index in [0.717, 1.165) is 10.2 Å². The molecular weight excluding hydrogens is 369 g/mol. The Kier molecular flexibility index (Phi) is 5.85. The van der Waals surface area contributed by atoms with Crippen molar-refractivity contribution in [1.29, 1.82) is 0 Å². The van der Waals surface area contributed by atoms with Gasteiger partial charge >= 0.3 is 0 Å². The number of benzene rings is 2. The summed E-state index contributed by atoms with van der Waals surface area (Å²) in [5, 5.41) is 7.16. The predicted molar refractivity (Wildman–Crippen MR) is 94.0 cm³/mol. The van der Waals surface area contributed by atoms with E-state index in [1.165, 1.54) is 12.3 Å². The number of ether oxygens (including phenoxy) is 1. The minimum Gasteiger partial charge on any atom is -0.497 e. The highest BCUT2D eigenvalue weighted by Crippen LogP contribution is 2.16. The first-order valence-corrected chi connectivity index (χ1v) is 7.48. The van der Waals surface area contributed by atoms with Gasteiger partial charge in [0.25, 0.3) is 0 Å². The van der Waals surface area contributed by atoms with Gasteiger partial charge in [-0.15, -0.1) is 0 Å². The number of nitrogens with zero attached hydrogens (tertiary/aromatic N) is 1. The Labute approximate surface area is 141 Å². The van der Waals surface area contributed by atoms with Gasteiger partial charge in [0.15, 0.2) is 5.11 Å². The van der Waals surface area contributed by atoms with Crippen LogP contribution in [0.2, 0.25) is 0 Å². The number of hydrazone groups is 1. The van der Waals surface area contributed by atoms with E-state index in [1.807, 2.05) is 18.2 Å². The number of nitrogens with one attached hydrogen (secondary N) is 2. The van der Waals surface area contributed by atoms with Crippen LogP contribution in [0.3, 0.4) is 0 Å². The Hall–Kier alpha value is -1.99. The van der Waals surface area contributed by atoms with Gasteiger partial charge in [-0.3, -0.25) is 5.43 Å². The van der Waals surface area contributed by atoms with Gasteiger partial charge in [0, 0.05) is 21.8 Å². The summed E-state index contributed by atoms with van der Waals surface area (Å²) in [6.07, 6.45) is 1.36. The van der Waals surface area contributed by atoms with Crippen LogP contribution in [0.15, 0.2) is 52.0 Å². The number of anilines is 1. The molecule has 0 aromatic heterocycles. The molecule has 4 nitrogen and oxygen atoms in total. The van der Waals surface area contributed by atoms with Gasteiger partial charge in [0.05, 0.1) is 13.3 Å². The average Bonchev–Trinajstić information content (AvgIpc) is 2.51. The van der Waals surface area contributed by atoms with Gasteiger partial charge in [-0.05, 0) is 42.5 Å². The van der Waals surface area contributed by atoms with E-state index >= 15 is 0 Å². The molecule has 0 saturated carbocycles. The predicted octanol–water partition coefficient (Wildman–Crippen LogP) is 3.92. The molecule has 0 aliphatic rings. The lowest BCUT2D eigenvalue weighted by atomic mass is 10.2. The van der Waals surface area contributed by atoms with Crippen molar-refractivity contribution in [1.82, 2.24) is 5.43 Å². The maximum absolute atomic E-state index is 13.5. The molecule has 0 saturated heterocycles. The van der Waals surface area contributed by atoms with Crippen LogP contribution in [-0.4, -0.2) is 18.4 Å². The quantitative estimate of drug-likeness (QED) is 0.478. The van der Waals surface area contributed by atoms with Crippen molar-refractivity contribution in [2.45, 2.75) is 0 Å². The number of hydrogen-bond acceptors (Lipinski definition) is 3. The Balaban J connectivity index is 1.94. The largest absolute Gasteiger partial charge is 0.497 e. The zero-order valence-corrected chi connectivity index (χ0v) is 14.0. The molecule has 0 unspecified atom stereocenters. The van der Waals surface area contributed by atoms with E-state index in [9.17, 15) is 4.39 Å². The van der Waals surface area contributed by atoms with E-state index in [-0.39, 0.29) is 5.82 Å². The smallest absolute Gasteiger partial charge is 0.191 e. The van der Waals surface area contributed by atoms with Crippen LogP contribution >= 0.6 is 28.1 Å². The molecule has 2 N–H and O–H groups in total. The third-order valence-corrected chi connectivity index (χ3v) is 3.34. The van der Waals surface area contributed by atoms with Crippen molar-refractivity contribution >= 4 is 45.2 Å². The Morgan fingerprint density at radius 3 is 2.91 bits per heavy atom. The summed E-state index contributed by atoms with van der Waals surface area (Å²) in [6, 6.07) is 11.9. The van der Waals surface area contributed by atoms with Crippen molar-refractivity contribution in [3.05, 3.63) is 58.3 Å². The molecule has 2 aromatic rings. The van der Waals surface area contributed by atoms with Crippen molar-refractivity contribution in [2.24, 2.45) is 5.10 Å². The van der Waals surface area contributed by atoms with E-state index in [2.05, 4.69) is 31.8 Å². The zero-order chi connectivity index (χ0) is 15.9. The molecule has 0 aliphatic heterocycles. The number of methoxy groups -OCH3 is 1. The second kappa shape index (κ2) is 7.86. The Bertz CT molecular complexity index is 709. The summed E-state index contributed by atoms with van der Waals surface area (Å²) >= 11 is 8.39. The fourth-order valence-corrected chi connectivity index (χ4v) is 2.18. The van der Waals surface area contributed by atoms with Crippen LogP contribution in [0, 0.1) is 5.82 Å². The molecule has 7 heteroatoms. The highest BCUT2D eigenvalue weighted by molar-refractivity contribution is 9.10. The van der Waals surface area contributed by atoms with Gasteiger partial charge in [-0.1, -0.05) is 22.0 Å². The number of thiocarbonyl (C=S) groups is 1. The fourth-order valence-electron chi connectivity index (χ4n) is 1.63. The first kappa shape index (κ1) is 16.4. The van der Waals surface area contributed by atoms with Crippen molar-refractivity contribution in [3.8, 4) is 5.75 Å².